The van der Waals surface area contributed by atoms with Crippen LogP contribution in [0.15, 0.2) is 70.3 Å². The summed E-state index contributed by atoms with van der Waals surface area (Å²) < 4.78 is 32.7. The molecule has 0 aliphatic rings. The van der Waals surface area contributed by atoms with Gasteiger partial charge in [0.05, 0.1) is 11.3 Å². The van der Waals surface area contributed by atoms with Gasteiger partial charge in [0.15, 0.2) is 6.10 Å². The van der Waals surface area contributed by atoms with Gasteiger partial charge in [-0.1, -0.05) is 18.2 Å². The van der Waals surface area contributed by atoms with Gasteiger partial charge in [-0.2, -0.15) is 0 Å². The number of hydrogen-bond donors (Lipinski definition) is 3. The Morgan fingerprint density at radius 3 is 2.31 bits per heavy atom. The number of para-hydroxylation sites is 1. The highest BCUT2D eigenvalue weighted by Crippen LogP contribution is 2.23. The Labute approximate surface area is 188 Å². The highest BCUT2D eigenvalue weighted by Gasteiger charge is 2.23. The molecular formula is C21H19N3O6S2. The predicted molar refractivity (Wildman–Crippen MR) is 120 cm³/mol. The van der Waals surface area contributed by atoms with Crippen LogP contribution >= 0.6 is 11.3 Å². The molecule has 0 bridgehead atoms. The van der Waals surface area contributed by atoms with E-state index in [4.69, 9.17) is 10.5 Å². The van der Waals surface area contributed by atoms with Crippen LogP contribution in [0.1, 0.15) is 27.6 Å². The number of hydrogen-bond acceptors (Lipinski definition) is 7. The summed E-state index contributed by atoms with van der Waals surface area (Å²) in [7, 11) is -3.87. The monoisotopic (exact) mass is 473 g/mol. The summed E-state index contributed by atoms with van der Waals surface area (Å²) in [5.74, 6) is -2.08. The Morgan fingerprint density at radius 2 is 1.69 bits per heavy atom. The smallest absolute Gasteiger partial charge is 0.341 e. The van der Waals surface area contributed by atoms with Crippen molar-refractivity contribution in [1.82, 2.24) is 0 Å². The molecule has 0 fully saturated rings. The molecule has 0 saturated heterocycles. The van der Waals surface area contributed by atoms with Gasteiger partial charge in [0.1, 0.15) is 4.21 Å². The Kier molecular flexibility index (Phi) is 6.91. The van der Waals surface area contributed by atoms with Crippen molar-refractivity contribution >= 4 is 50.5 Å². The number of ether oxygens (including phenoxy) is 1. The van der Waals surface area contributed by atoms with Crippen LogP contribution in [0.5, 0.6) is 0 Å². The maximum atomic E-state index is 12.6. The zero-order valence-electron chi connectivity index (χ0n) is 16.8. The van der Waals surface area contributed by atoms with Crippen molar-refractivity contribution in [3.8, 4) is 0 Å². The van der Waals surface area contributed by atoms with Gasteiger partial charge in [-0.25, -0.2) is 13.2 Å². The topological polar surface area (TPSA) is 145 Å². The Morgan fingerprint density at radius 1 is 1.00 bits per heavy atom. The SMILES string of the molecule is CC(OC(=O)c1ccccc1NS(=O)(=O)c1cccs1)C(=O)Nc1ccc(C(N)=O)cc1. The predicted octanol–water partition coefficient (Wildman–Crippen LogP) is 2.83. The van der Waals surface area contributed by atoms with Crippen molar-refractivity contribution in [2.75, 3.05) is 10.0 Å². The number of carbonyl (C=O) groups excluding carboxylic acids is 3. The van der Waals surface area contributed by atoms with Crippen LogP contribution < -0.4 is 15.8 Å². The van der Waals surface area contributed by atoms with Crippen LogP contribution in [-0.2, 0) is 19.6 Å². The van der Waals surface area contributed by atoms with E-state index in [0.29, 0.717) is 5.69 Å². The second-order valence-electron chi connectivity index (χ2n) is 6.56. The number of rotatable bonds is 8. The van der Waals surface area contributed by atoms with Gasteiger partial charge in [0.2, 0.25) is 5.91 Å². The minimum absolute atomic E-state index is 0.0283. The lowest BCUT2D eigenvalue weighted by Gasteiger charge is -2.16. The summed E-state index contributed by atoms with van der Waals surface area (Å²) in [5, 5.41) is 4.18. The molecular weight excluding hydrogens is 454 g/mol. The molecule has 11 heteroatoms. The molecule has 3 aromatic rings. The van der Waals surface area contributed by atoms with E-state index in [1.54, 1.807) is 23.6 Å². The third-order valence-corrected chi connectivity index (χ3v) is 7.00. The third kappa shape index (κ3) is 5.50. The number of amides is 2. The van der Waals surface area contributed by atoms with Crippen LogP contribution in [0.3, 0.4) is 0 Å². The number of thiophene rings is 1. The largest absolute Gasteiger partial charge is 0.449 e. The average molecular weight is 474 g/mol. The van der Waals surface area contributed by atoms with Crippen LogP contribution in [0.4, 0.5) is 11.4 Å². The quantitative estimate of drug-likeness (QED) is 0.429. The number of nitrogens with one attached hydrogen (secondary N) is 2. The second-order valence-corrected chi connectivity index (χ2v) is 9.42. The van der Waals surface area contributed by atoms with Crippen molar-refractivity contribution in [3.63, 3.8) is 0 Å². The molecule has 0 saturated carbocycles. The van der Waals surface area contributed by atoms with Gasteiger partial charge in [-0.15, -0.1) is 11.3 Å². The highest BCUT2D eigenvalue weighted by atomic mass is 32.2. The first kappa shape index (κ1) is 23.0. The lowest BCUT2D eigenvalue weighted by atomic mass is 10.2. The fraction of sp³-hybridized carbons (Fsp3) is 0.0952. The molecule has 1 unspecified atom stereocenters. The van der Waals surface area contributed by atoms with E-state index >= 15 is 0 Å². The summed E-state index contributed by atoms with van der Waals surface area (Å²) in [6.07, 6.45) is -1.18. The van der Waals surface area contributed by atoms with Gasteiger partial charge in [0.25, 0.3) is 15.9 Å². The van der Waals surface area contributed by atoms with Crippen molar-refractivity contribution in [3.05, 3.63) is 77.2 Å². The van der Waals surface area contributed by atoms with Crippen molar-refractivity contribution in [2.45, 2.75) is 17.2 Å². The maximum absolute atomic E-state index is 12.6. The fourth-order valence-electron chi connectivity index (χ4n) is 2.60. The lowest BCUT2D eigenvalue weighted by molar-refractivity contribution is -0.123. The van der Waals surface area contributed by atoms with E-state index in [1.807, 2.05) is 0 Å². The Bertz CT molecular complexity index is 1240. The second kappa shape index (κ2) is 9.62. The molecule has 166 valence electrons. The number of esters is 1. The Balaban J connectivity index is 1.69. The van der Waals surface area contributed by atoms with E-state index < -0.39 is 33.9 Å². The van der Waals surface area contributed by atoms with Gasteiger partial charge < -0.3 is 15.8 Å². The van der Waals surface area contributed by atoms with Gasteiger partial charge in [-0.05, 0) is 54.8 Å². The molecule has 2 amide bonds. The molecule has 3 rings (SSSR count). The molecule has 0 aliphatic carbocycles. The summed E-state index contributed by atoms with van der Waals surface area (Å²) in [4.78, 5) is 36.1. The molecule has 4 N–H and O–H groups in total. The first-order valence-corrected chi connectivity index (χ1v) is 11.6. The van der Waals surface area contributed by atoms with Crippen molar-refractivity contribution in [1.29, 1.82) is 0 Å². The van der Waals surface area contributed by atoms with Crippen molar-refractivity contribution < 1.29 is 27.5 Å². The highest BCUT2D eigenvalue weighted by molar-refractivity contribution is 7.94. The number of nitrogens with two attached hydrogens (primary N) is 1. The molecule has 0 radical (unpaired) electrons. The van der Waals surface area contributed by atoms with E-state index in [2.05, 4.69) is 10.0 Å². The zero-order chi connectivity index (χ0) is 23.3. The minimum Gasteiger partial charge on any atom is -0.449 e. The molecule has 32 heavy (non-hydrogen) atoms. The number of carbonyl (C=O) groups is 3. The number of benzene rings is 2. The van der Waals surface area contributed by atoms with Crippen LogP contribution in [-0.4, -0.2) is 32.3 Å². The maximum Gasteiger partial charge on any atom is 0.341 e. The fourth-order valence-corrected chi connectivity index (χ4v) is 4.67. The number of anilines is 2. The molecule has 1 aromatic heterocycles. The van der Waals surface area contributed by atoms with Crippen LogP contribution in [0, 0.1) is 0 Å². The number of primary amides is 1. The summed E-state index contributed by atoms with van der Waals surface area (Å²) in [6, 6.07) is 14.8. The van der Waals surface area contributed by atoms with Crippen LogP contribution in [0.2, 0.25) is 0 Å². The van der Waals surface area contributed by atoms with Gasteiger partial charge in [0, 0.05) is 11.3 Å². The standard InChI is InChI=1S/C21H19N3O6S2/c1-13(20(26)23-15-10-8-14(9-11-15)19(22)25)30-21(27)16-5-2-3-6-17(16)24-32(28,29)18-7-4-12-31-18/h2-13,24H,1H3,(H2,22,25)(H,23,26). The summed E-state index contributed by atoms with van der Waals surface area (Å²) >= 11 is 1.04. The Hall–Kier alpha value is -3.70. The molecule has 0 aliphatic heterocycles. The van der Waals surface area contributed by atoms with Gasteiger partial charge >= 0.3 is 5.97 Å². The third-order valence-electron chi connectivity index (χ3n) is 4.24. The lowest BCUT2D eigenvalue weighted by Crippen LogP contribution is -2.30. The van der Waals surface area contributed by atoms with E-state index in [9.17, 15) is 22.8 Å². The first-order chi connectivity index (χ1) is 15.2. The van der Waals surface area contributed by atoms with Gasteiger partial charge in [-0.3, -0.25) is 14.3 Å². The molecule has 2 aromatic carbocycles. The molecule has 9 nitrogen and oxygen atoms in total. The van der Waals surface area contributed by atoms with E-state index in [-0.39, 0.29) is 21.0 Å². The first-order valence-electron chi connectivity index (χ1n) is 9.24. The normalized spacial score (nSPS) is 11.9. The molecule has 1 atom stereocenters. The summed E-state index contributed by atoms with van der Waals surface area (Å²) in [5.41, 5.74) is 5.82. The van der Waals surface area contributed by atoms with E-state index in [1.165, 1.54) is 49.4 Å². The molecule has 1 heterocycles. The summed E-state index contributed by atoms with van der Waals surface area (Å²) in [6.45, 7) is 1.38. The minimum atomic E-state index is -3.87. The zero-order valence-corrected chi connectivity index (χ0v) is 18.4. The average Bonchev–Trinajstić information content (AvgIpc) is 3.30. The molecule has 0 spiro atoms. The number of sulfonamides is 1. The van der Waals surface area contributed by atoms with Crippen molar-refractivity contribution in [2.24, 2.45) is 5.73 Å². The van der Waals surface area contributed by atoms with Crippen LogP contribution in [0.25, 0.3) is 0 Å². The van der Waals surface area contributed by atoms with E-state index in [0.717, 1.165) is 11.3 Å².